The van der Waals surface area contributed by atoms with Gasteiger partial charge in [-0.3, -0.25) is 28.8 Å². The van der Waals surface area contributed by atoms with Crippen LogP contribution in [0.1, 0.15) is 105 Å². The maximum atomic E-state index is 15.3. The number of esters is 2. The van der Waals surface area contributed by atoms with E-state index < -0.39 is 121 Å². The molecule has 6 aromatic carbocycles. The summed E-state index contributed by atoms with van der Waals surface area (Å²) in [7, 11) is 0. The van der Waals surface area contributed by atoms with E-state index in [0.29, 0.717) is 33.4 Å². The smallest absolute Gasteiger partial charge is 0.323 e. The number of carbonyl (C=O) groups excluding carboxylic acids is 6. The van der Waals surface area contributed by atoms with E-state index in [1.807, 2.05) is 0 Å². The summed E-state index contributed by atoms with van der Waals surface area (Å²) in [4.78, 5) is 85.3. The van der Waals surface area contributed by atoms with E-state index in [0.717, 1.165) is 12.1 Å². The summed E-state index contributed by atoms with van der Waals surface area (Å²) in [5.74, 6) is -8.12. The van der Waals surface area contributed by atoms with E-state index in [-0.39, 0.29) is 60.1 Å². The highest BCUT2D eigenvalue weighted by atomic mass is 19.1. The monoisotopic (exact) mass is 1120 g/mol. The van der Waals surface area contributed by atoms with Crippen LogP contribution >= 0.6 is 0 Å². The highest BCUT2D eigenvalue weighted by Crippen LogP contribution is 2.41. The van der Waals surface area contributed by atoms with Gasteiger partial charge in [-0.05, 0) is 59.1 Å². The summed E-state index contributed by atoms with van der Waals surface area (Å²) in [6, 6.07) is 34.2. The zero-order valence-electron chi connectivity index (χ0n) is 45.9. The topological polar surface area (TPSA) is 256 Å². The van der Waals surface area contributed by atoms with Crippen molar-refractivity contribution < 1.29 is 66.7 Å². The van der Waals surface area contributed by atoms with Gasteiger partial charge in [-0.25, -0.2) is 8.78 Å². The Morgan fingerprint density at radius 1 is 0.488 bits per heavy atom. The quantitative estimate of drug-likeness (QED) is 0.0249. The molecule has 10 atom stereocenters. The van der Waals surface area contributed by atoms with E-state index in [1.54, 1.807) is 125 Å². The van der Waals surface area contributed by atoms with Crippen LogP contribution in [0.25, 0.3) is 0 Å². The minimum Gasteiger partial charge on any atom is -0.460 e. The number of aliphatic hydroxyl groups is 2. The van der Waals surface area contributed by atoms with Crippen molar-refractivity contribution in [2.24, 2.45) is 35.1 Å². The van der Waals surface area contributed by atoms with Crippen LogP contribution in [0.5, 0.6) is 0 Å². The molecule has 0 heterocycles. The molecule has 0 radical (unpaired) electrons. The van der Waals surface area contributed by atoms with Gasteiger partial charge in [0.1, 0.15) is 49.1 Å². The van der Waals surface area contributed by atoms with Crippen molar-refractivity contribution in [1.82, 2.24) is 10.6 Å². The molecule has 0 aliphatic heterocycles. The molecule has 0 unspecified atom stereocenters. The van der Waals surface area contributed by atoms with E-state index in [1.165, 1.54) is 36.4 Å². The lowest BCUT2D eigenvalue weighted by molar-refractivity contribution is -0.171. The molecule has 430 valence electrons. The number of carbonyl (C=O) groups is 6. The number of hydrogen-bond acceptors (Lipinski definition) is 14. The van der Waals surface area contributed by atoms with Gasteiger partial charge in [0.15, 0.2) is 23.8 Å². The van der Waals surface area contributed by atoms with Gasteiger partial charge < -0.3 is 51.3 Å². The third-order valence-electron chi connectivity index (χ3n) is 15.3. The lowest BCUT2D eigenvalue weighted by Gasteiger charge is -2.33. The molecular formula is C64H68F2N4O12. The number of rotatable bonds is 25. The van der Waals surface area contributed by atoms with Crippen molar-refractivity contribution in [3.05, 3.63) is 213 Å². The van der Waals surface area contributed by atoms with Crippen molar-refractivity contribution in [3.63, 3.8) is 0 Å². The number of ether oxygens (including phenoxy) is 4. The number of halogens is 2. The lowest BCUT2D eigenvalue weighted by Crippen LogP contribution is -2.57. The third-order valence-corrected chi connectivity index (χ3v) is 15.3. The lowest BCUT2D eigenvalue weighted by atomic mass is 9.88. The third kappa shape index (κ3) is 13.9. The molecule has 0 bridgehead atoms. The Morgan fingerprint density at radius 2 is 0.817 bits per heavy atom. The highest BCUT2D eigenvalue weighted by molar-refractivity contribution is 6.02. The van der Waals surface area contributed by atoms with E-state index in [9.17, 15) is 29.4 Å². The summed E-state index contributed by atoms with van der Waals surface area (Å²) >= 11 is 0. The molecule has 0 fully saturated rings. The Hall–Kier alpha value is -7.84. The molecule has 2 aliphatic rings. The van der Waals surface area contributed by atoms with Crippen molar-refractivity contribution in [2.75, 3.05) is 0 Å². The van der Waals surface area contributed by atoms with Crippen molar-refractivity contribution >= 4 is 35.3 Å². The van der Waals surface area contributed by atoms with Gasteiger partial charge in [0.05, 0.1) is 37.1 Å². The Bertz CT molecular complexity index is 3070. The molecule has 8 N–H and O–H groups in total. The zero-order chi connectivity index (χ0) is 58.8. The molecule has 2 amide bonds. The van der Waals surface area contributed by atoms with Gasteiger partial charge in [0.25, 0.3) is 11.8 Å². The maximum absolute atomic E-state index is 15.3. The number of nitrogens with two attached hydrogens (primary N) is 2. The molecule has 0 spiro atoms. The largest absolute Gasteiger partial charge is 0.460 e. The molecule has 0 saturated carbocycles. The first-order chi connectivity index (χ1) is 39.3. The Labute approximate surface area is 474 Å². The van der Waals surface area contributed by atoms with Gasteiger partial charge in [0, 0.05) is 33.4 Å². The van der Waals surface area contributed by atoms with Crippen molar-refractivity contribution in [2.45, 2.75) is 116 Å². The number of amides is 2. The number of nitrogens with one attached hydrogen (secondary N) is 2. The standard InChI is InChI=1S/C64H68F2N4O12/c1-35(2)51(67)63(77)81-31-39-19-7-13-25-45(39)55(71)47-29-37-17-5-11-23-43(37)53(47)69-61(75)59(79-33-41-21-9-15-27-49(41)65)57(73)58(74)60(80-34-42-22-10-16-28-50(42)66)62(76)70-54-44-24-12-6-18-38(44)30-48(54)56(72)46-26-14-8-20-40(46)32-82-64(78)52(68)36(3)4/h5-28,35-36,47-48,51-54,57-60,73-74H,29-34,67-68H2,1-4H3,(H,69,75)(H,70,76)/t47-,48-,51+,52+,53-,54-,57-,58-,59-,60-/m1/s1. The second-order valence-electron chi connectivity index (χ2n) is 21.4. The Kier molecular flexibility index (Phi) is 20.1. The first kappa shape index (κ1) is 60.3. The number of hydrogen-bond donors (Lipinski definition) is 6. The molecule has 16 nitrogen and oxygen atoms in total. The molecule has 8 rings (SSSR count). The van der Waals surface area contributed by atoms with Gasteiger partial charge in [-0.15, -0.1) is 0 Å². The minimum absolute atomic E-state index is 0.0347. The fraction of sp³-hybridized carbons (Fsp3) is 0.344. The van der Waals surface area contributed by atoms with Crippen LogP contribution in [0.2, 0.25) is 0 Å². The molecule has 6 aromatic rings. The van der Waals surface area contributed by atoms with Gasteiger partial charge in [-0.2, -0.15) is 0 Å². The summed E-state index contributed by atoms with van der Waals surface area (Å²) in [5, 5.41) is 30.6. The molecule has 82 heavy (non-hydrogen) atoms. The van der Waals surface area contributed by atoms with E-state index >= 15 is 18.4 Å². The number of ketones is 2. The average molecular weight is 1120 g/mol. The second-order valence-corrected chi connectivity index (χ2v) is 21.4. The molecule has 0 aromatic heterocycles. The highest BCUT2D eigenvalue weighted by Gasteiger charge is 2.47. The second kappa shape index (κ2) is 27.3. The summed E-state index contributed by atoms with van der Waals surface area (Å²) in [5.41, 5.74) is 15.7. The number of Topliss-reactive ketones (excluding diaryl/α,β-unsaturated/α-hetero) is 2. The van der Waals surface area contributed by atoms with Gasteiger partial charge in [-0.1, -0.05) is 161 Å². The molecule has 2 aliphatic carbocycles. The number of fused-ring (bicyclic) bond motifs is 2. The summed E-state index contributed by atoms with van der Waals surface area (Å²) < 4.78 is 53.7. The van der Waals surface area contributed by atoms with Gasteiger partial charge in [0.2, 0.25) is 0 Å². The SMILES string of the molecule is CC(C)[C@H](N)C(=O)OCc1ccccc1C(=O)[C@@H]1Cc2ccccc2[C@H]1NC(=O)[C@H](OCc1ccccc1F)[C@H](O)[C@@H](O)[C@@H](OCc1ccccc1F)C(=O)N[C@@H]1c2ccccc2C[C@H]1C(=O)c1ccccc1COC(=O)[C@@H](N)C(C)C. The fourth-order valence-electron chi connectivity index (χ4n) is 10.3. The van der Waals surface area contributed by atoms with Crippen LogP contribution in [0.4, 0.5) is 8.78 Å². The van der Waals surface area contributed by atoms with E-state index in [4.69, 9.17) is 30.4 Å². The number of aliphatic hydroxyl groups excluding tert-OH is 2. The van der Waals surface area contributed by atoms with Crippen LogP contribution < -0.4 is 22.1 Å². The van der Waals surface area contributed by atoms with Crippen LogP contribution in [0.15, 0.2) is 146 Å². The van der Waals surface area contributed by atoms with Crippen molar-refractivity contribution in [3.8, 4) is 0 Å². The normalized spacial score (nSPS) is 18.5. The van der Waals surface area contributed by atoms with Crippen LogP contribution in [-0.4, -0.2) is 82.0 Å². The molecule has 0 saturated heterocycles. The fourth-order valence-corrected chi connectivity index (χ4v) is 10.3. The predicted molar refractivity (Wildman–Crippen MR) is 298 cm³/mol. The predicted octanol–water partition coefficient (Wildman–Crippen LogP) is 7.04. The Balaban J connectivity index is 1.11. The molecular weight excluding hydrogens is 1050 g/mol. The van der Waals surface area contributed by atoms with Crippen LogP contribution in [0, 0.1) is 35.3 Å². The van der Waals surface area contributed by atoms with Crippen molar-refractivity contribution in [1.29, 1.82) is 0 Å². The van der Waals surface area contributed by atoms with Crippen LogP contribution in [-0.2, 0) is 77.4 Å². The van der Waals surface area contributed by atoms with E-state index in [2.05, 4.69) is 10.6 Å². The Morgan fingerprint density at radius 3 is 1.18 bits per heavy atom. The summed E-state index contributed by atoms with van der Waals surface area (Å²) in [6.45, 7) is 5.29. The first-order valence-corrected chi connectivity index (χ1v) is 27.3. The number of benzene rings is 6. The van der Waals surface area contributed by atoms with Gasteiger partial charge >= 0.3 is 11.9 Å². The maximum Gasteiger partial charge on any atom is 0.323 e. The zero-order valence-corrected chi connectivity index (χ0v) is 45.9. The van der Waals surface area contributed by atoms with Crippen LogP contribution in [0.3, 0.4) is 0 Å². The minimum atomic E-state index is -2.37. The first-order valence-electron chi connectivity index (χ1n) is 27.3. The molecule has 18 heteroatoms. The average Bonchev–Trinajstić information content (AvgIpc) is 4.14. The summed E-state index contributed by atoms with van der Waals surface area (Å²) in [6.07, 6.45) is -8.69.